The van der Waals surface area contributed by atoms with E-state index in [0.717, 1.165) is 77.1 Å². The van der Waals surface area contributed by atoms with Gasteiger partial charge in [0.2, 0.25) is 5.95 Å². The molecule has 0 fully saturated rings. The molecule has 0 unspecified atom stereocenters. The van der Waals surface area contributed by atoms with Gasteiger partial charge in [-0.1, -0.05) is 146 Å². The first-order chi connectivity index (χ1) is 24.8. The molecule has 0 bridgehead atoms. The number of nitrogens with zero attached hydrogens (tertiary/aromatic N) is 4. The predicted molar refractivity (Wildman–Crippen MR) is 203 cm³/mol. The lowest BCUT2D eigenvalue weighted by Crippen LogP contribution is -2.06. The maximum atomic E-state index is 6.46. The van der Waals surface area contributed by atoms with Crippen LogP contribution in [0.25, 0.3) is 94.7 Å². The molecular weight excluding hydrogens is 613 g/mol. The third-order valence-electron chi connectivity index (χ3n) is 9.48. The quantitative estimate of drug-likeness (QED) is 0.188. The molecule has 234 valence electrons. The van der Waals surface area contributed by atoms with Crippen molar-refractivity contribution in [2.75, 3.05) is 0 Å². The van der Waals surface area contributed by atoms with E-state index in [0.29, 0.717) is 17.6 Å². The normalized spacial score (nSPS) is 11.6. The topological polar surface area (TPSA) is 56.7 Å². The Morgan fingerprint density at radius 2 is 1.00 bits per heavy atom. The van der Waals surface area contributed by atoms with Gasteiger partial charge in [-0.25, -0.2) is 4.98 Å². The van der Waals surface area contributed by atoms with E-state index in [9.17, 15) is 0 Å². The molecule has 0 atom stereocenters. The van der Waals surface area contributed by atoms with E-state index in [4.69, 9.17) is 19.4 Å². The average Bonchev–Trinajstić information content (AvgIpc) is 3.74. The van der Waals surface area contributed by atoms with Gasteiger partial charge in [0, 0.05) is 38.2 Å². The van der Waals surface area contributed by atoms with Crippen molar-refractivity contribution >= 4 is 43.7 Å². The number of furan rings is 1. The monoisotopic (exact) mass is 640 g/mol. The van der Waals surface area contributed by atoms with E-state index >= 15 is 0 Å². The molecule has 0 amide bonds. The Labute approximate surface area is 287 Å². The molecule has 0 spiro atoms. The largest absolute Gasteiger partial charge is 0.455 e. The first-order valence-corrected chi connectivity index (χ1v) is 16.7. The van der Waals surface area contributed by atoms with Crippen LogP contribution in [0, 0.1) is 0 Å². The van der Waals surface area contributed by atoms with E-state index in [1.54, 1.807) is 0 Å². The summed E-state index contributed by atoms with van der Waals surface area (Å²) in [7, 11) is 0. The molecule has 0 radical (unpaired) electrons. The van der Waals surface area contributed by atoms with Crippen molar-refractivity contribution in [3.05, 3.63) is 170 Å². The summed E-state index contributed by atoms with van der Waals surface area (Å²) in [4.78, 5) is 15.3. The van der Waals surface area contributed by atoms with E-state index in [1.165, 1.54) is 0 Å². The zero-order valence-electron chi connectivity index (χ0n) is 26.9. The van der Waals surface area contributed by atoms with Gasteiger partial charge < -0.3 is 4.42 Å². The Kier molecular flexibility index (Phi) is 6.42. The van der Waals surface area contributed by atoms with Crippen molar-refractivity contribution in [3.63, 3.8) is 0 Å². The summed E-state index contributed by atoms with van der Waals surface area (Å²) >= 11 is 0. The fraction of sp³-hybridized carbons (Fsp3) is 0. The highest BCUT2D eigenvalue weighted by Crippen LogP contribution is 2.40. The Morgan fingerprint density at radius 1 is 0.380 bits per heavy atom. The highest BCUT2D eigenvalue weighted by Gasteiger charge is 2.20. The fourth-order valence-corrected chi connectivity index (χ4v) is 7.09. The SMILES string of the molecule is c1ccc(-c2ccc3c4cc(-c5cccc6c5oc5ccccc56)ccc4n(-c4nc(-c5ccccc5)nc(-c5ccccc5)n4)c3c2)cc1. The third kappa shape index (κ3) is 4.60. The van der Waals surface area contributed by atoms with Crippen molar-refractivity contribution in [3.8, 4) is 51.0 Å². The highest BCUT2D eigenvalue weighted by molar-refractivity contribution is 6.13. The van der Waals surface area contributed by atoms with Gasteiger partial charge in [-0.05, 0) is 41.0 Å². The molecule has 0 aliphatic carbocycles. The van der Waals surface area contributed by atoms with Gasteiger partial charge in [0.1, 0.15) is 11.2 Å². The van der Waals surface area contributed by atoms with Crippen LogP contribution < -0.4 is 0 Å². The molecule has 5 nitrogen and oxygen atoms in total. The number of hydrogen-bond acceptors (Lipinski definition) is 4. The second-order valence-electron chi connectivity index (χ2n) is 12.5. The summed E-state index contributed by atoms with van der Waals surface area (Å²) in [5, 5.41) is 4.45. The number of rotatable bonds is 5. The van der Waals surface area contributed by atoms with Crippen LogP contribution in [0.3, 0.4) is 0 Å². The Bertz CT molecular complexity index is 2800. The smallest absolute Gasteiger partial charge is 0.238 e. The minimum absolute atomic E-state index is 0.565. The second-order valence-corrected chi connectivity index (χ2v) is 12.5. The number of fused-ring (bicyclic) bond motifs is 6. The van der Waals surface area contributed by atoms with Crippen molar-refractivity contribution in [2.24, 2.45) is 0 Å². The van der Waals surface area contributed by atoms with E-state index in [-0.39, 0.29) is 0 Å². The summed E-state index contributed by atoms with van der Waals surface area (Å²) in [5.41, 5.74) is 10.1. The van der Waals surface area contributed by atoms with Crippen LogP contribution in [-0.4, -0.2) is 19.5 Å². The predicted octanol–water partition coefficient (Wildman–Crippen LogP) is 11.5. The zero-order valence-corrected chi connectivity index (χ0v) is 26.9. The first kappa shape index (κ1) is 28.2. The van der Waals surface area contributed by atoms with Crippen LogP contribution in [0.4, 0.5) is 0 Å². The Balaban J connectivity index is 1.26. The standard InChI is InChI=1S/C45H28N4O/c1-4-13-29(14-5-1)32-23-25-35-38-27-33(34-20-12-21-37-36-19-10-11-22-41(36)50-42(34)37)24-26-39(38)49(40(35)28-32)45-47-43(30-15-6-2-7-16-30)46-44(48-45)31-17-8-3-9-18-31/h1-28H. The molecule has 0 saturated carbocycles. The van der Waals surface area contributed by atoms with Gasteiger partial charge in [0.05, 0.1) is 11.0 Å². The molecular formula is C45H28N4O. The van der Waals surface area contributed by atoms with Crippen LogP contribution in [0.15, 0.2) is 174 Å². The first-order valence-electron chi connectivity index (χ1n) is 16.7. The van der Waals surface area contributed by atoms with Crippen LogP contribution in [0.2, 0.25) is 0 Å². The second kappa shape index (κ2) is 11.4. The lowest BCUT2D eigenvalue weighted by Gasteiger charge is -2.11. The summed E-state index contributed by atoms with van der Waals surface area (Å²) in [5.74, 6) is 1.81. The Morgan fingerprint density at radius 3 is 1.72 bits per heavy atom. The summed E-state index contributed by atoms with van der Waals surface area (Å²) in [6.07, 6.45) is 0. The van der Waals surface area contributed by atoms with Gasteiger partial charge in [-0.3, -0.25) is 4.57 Å². The van der Waals surface area contributed by atoms with Crippen molar-refractivity contribution in [2.45, 2.75) is 0 Å². The van der Waals surface area contributed by atoms with Gasteiger partial charge >= 0.3 is 0 Å². The van der Waals surface area contributed by atoms with Crippen molar-refractivity contribution < 1.29 is 4.42 Å². The molecule has 10 aromatic rings. The van der Waals surface area contributed by atoms with Crippen molar-refractivity contribution in [1.82, 2.24) is 19.5 Å². The summed E-state index contributed by atoms with van der Waals surface area (Å²) in [6, 6.07) is 58.6. The number of benzene rings is 7. The molecule has 50 heavy (non-hydrogen) atoms. The molecule has 0 aliphatic heterocycles. The van der Waals surface area contributed by atoms with E-state index in [1.807, 2.05) is 78.9 Å². The molecule has 0 N–H and O–H groups in total. The maximum Gasteiger partial charge on any atom is 0.238 e. The molecule has 7 aromatic carbocycles. The molecule has 10 rings (SSSR count). The molecule has 5 heteroatoms. The average molecular weight is 641 g/mol. The third-order valence-corrected chi connectivity index (χ3v) is 9.48. The van der Waals surface area contributed by atoms with Gasteiger partial charge in [-0.15, -0.1) is 0 Å². The van der Waals surface area contributed by atoms with Crippen LogP contribution in [0.5, 0.6) is 0 Å². The number of para-hydroxylation sites is 2. The minimum atomic E-state index is 0.565. The highest BCUT2D eigenvalue weighted by atomic mass is 16.3. The zero-order chi connectivity index (χ0) is 33.0. The van der Waals surface area contributed by atoms with Crippen LogP contribution in [0.1, 0.15) is 0 Å². The maximum absolute atomic E-state index is 6.46. The van der Waals surface area contributed by atoms with Crippen LogP contribution >= 0.6 is 0 Å². The molecule has 0 saturated heterocycles. The molecule has 3 aromatic heterocycles. The van der Waals surface area contributed by atoms with E-state index < -0.39 is 0 Å². The lowest BCUT2D eigenvalue weighted by atomic mass is 9.99. The summed E-state index contributed by atoms with van der Waals surface area (Å²) < 4.78 is 8.64. The van der Waals surface area contributed by atoms with Gasteiger partial charge in [-0.2, -0.15) is 9.97 Å². The lowest BCUT2D eigenvalue weighted by molar-refractivity contribution is 0.670. The summed E-state index contributed by atoms with van der Waals surface area (Å²) in [6.45, 7) is 0. The Hall–Kier alpha value is -6.85. The fourth-order valence-electron chi connectivity index (χ4n) is 7.09. The molecule has 0 aliphatic rings. The van der Waals surface area contributed by atoms with E-state index in [2.05, 4.69) is 95.6 Å². The van der Waals surface area contributed by atoms with Gasteiger partial charge in [0.15, 0.2) is 11.6 Å². The number of hydrogen-bond donors (Lipinski definition) is 0. The van der Waals surface area contributed by atoms with Gasteiger partial charge in [0.25, 0.3) is 0 Å². The van der Waals surface area contributed by atoms with Crippen molar-refractivity contribution in [1.29, 1.82) is 0 Å². The van der Waals surface area contributed by atoms with Crippen LogP contribution in [-0.2, 0) is 0 Å². The molecule has 3 heterocycles. The number of aromatic nitrogens is 4. The minimum Gasteiger partial charge on any atom is -0.455 e.